The molecule has 0 heterocycles. The Bertz CT molecular complexity index is 94.5. The molecule has 48 valence electrons. The SMILES string of the molecule is O=CCCNS(=O)O. The Balaban J connectivity index is 2.93. The highest BCUT2D eigenvalue weighted by molar-refractivity contribution is 7.77. The number of carbonyl (C=O) groups is 1. The molecule has 5 heteroatoms. The van der Waals surface area contributed by atoms with Crippen LogP contribution in [0.4, 0.5) is 0 Å². The second kappa shape index (κ2) is 4.89. The van der Waals surface area contributed by atoms with Gasteiger partial charge in [0.2, 0.25) is 11.3 Å². The Kier molecular flexibility index (Phi) is 4.73. The van der Waals surface area contributed by atoms with Crippen LogP contribution < -0.4 is 4.72 Å². The Labute approximate surface area is 49.7 Å². The highest BCUT2D eigenvalue weighted by Gasteiger charge is 1.87. The van der Waals surface area contributed by atoms with E-state index in [-0.39, 0.29) is 13.0 Å². The van der Waals surface area contributed by atoms with E-state index in [1.165, 1.54) is 0 Å². The zero-order chi connectivity index (χ0) is 6.41. The minimum atomic E-state index is -1.98. The summed E-state index contributed by atoms with van der Waals surface area (Å²) in [5.41, 5.74) is 0. The largest absolute Gasteiger partial charge is 0.303 e. The molecule has 0 radical (unpaired) electrons. The molecule has 0 fully saturated rings. The first-order chi connectivity index (χ1) is 3.77. The fourth-order valence-corrected chi connectivity index (χ4v) is 0.498. The van der Waals surface area contributed by atoms with Crippen molar-refractivity contribution in [3.8, 4) is 0 Å². The highest BCUT2D eigenvalue weighted by atomic mass is 32.2. The molecule has 0 spiro atoms. The molecule has 0 aliphatic rings. The molecule has 8 heavy (non-hydrogen) atoms. The van der Waals surface area contributed by atoms with E-state index in [0.717, 1.165) is 0 Å². The van der Waals surface area contributed by atoms with Crippen LogP contribution in [0.3, 0.4) is 0 Å². The summed E-state index contributed by atoms with van der Waals surface area (Å²) in [7, 11) is 0. The van der Waals surface area contributed by atoms with Crippen molar-refractivity contribution in [2.75, 3.05) is 6.54 Å². The molecule has 0 rings (SSSR count). The first-order valence-corrected chi connectivity index (χ1v) is 3.16. The molecule has 0 aliphatic carbocycles. The molecule has 1 atom stereocenters. The maximum atomic E-state index is 9.76. The van der Waals surface area contributed by atoms with Gasteiger partial charge in [-0.05, 0) is 0 Å². The van der Waals surface area contributed by atoms with Crippen LogP contribution in [-0.2, 0) is 16.1 Å². The van der Waals surface area contributed by atoms with Crippen LogP contribution in [0.5, 0.6) is 0 Å². The summed E-state index contributed by atoms with van der Waals surface area (Å²) in [6, 6.07) is 0. The van der Waals surface area contributed by atoms with Gasteiger partial charge in [-0.2, -0.15) is 0 Å². The Hall–Kier alpha value is -0.260. The third-order valence-electron chi connectivity index (χ3n) is 0.488. The Morgan fingerprint density at radius 3 is 2.75 bits per heavy atom. The molecule has 0 bridgehead atoms. The topological polar surface area (TPSA) is 66.4 Å². The molecule has 0 amide bonds. The van der Waals surface area contributed by atoms with Gasteiger partial charge in [-0.25, -0.2) is 8.93 Å². The van der Waals surface area contributed by atoms with Crippen molar-refractivity contribution in [1.82, 2.24) is 4.72 Å². The molecule has 0 aliphatic heterocycles. The van der Waals surface area contributed by atoms with Crippen molar-refractivity contribution in [3.63, 3.8) is 0 Å². The predicted molar refractivity (Wildman–Crippen MR) is 29.5 cm³/mol. The van der Waals surface area contributed by atoms with Crippen molar-refractivity contribution < 1.29 is 13.6 Å². The highest BCUT2D eigenvalue weighted by Crippen LogP contribution is 1.67. The molecule has 0 aromatic heterocycles. The van der Waals surface area contributed by atoms with E-state index in [4.69, 9.17) is 4.55 Å². The Morgan fingerprint density at radius 1 is 1.75 bits per heavy atom. The van der Waals surface area contributed by atoms with Crippen molar-refractivity contribution >= 4 is 17.6 Å². The van der Waals surface area contributed by atoms with Gasteiger partial charge in [0.05, 0.1) is 0 Å². The van der Waals surface area contributed by atoms with E-state index in [9.17, 15) is 9.00 Å². The number of nitrogens with one attached hydrogen (secondary N) is 1. The van der Waals surface area contributed by atoms with Gasteiger partial charge in [-0.3, -0.25) is 4.55 Å². The third-order valence-corrected chi connectivity index (χ3v) is 0.939. The van der Waals surface area contributed by atoms with Gasteiger partial charge in [-0.1, -0.05) is 0 Å². The van der Waals surface area contributed by atoms with Gasteiger partial charge in [-0.15, -0.1) is 0 Å². The van der Waals surface area contributed by atoms with Crippen LogP contribution in [-0.4, -0.2) is 21.6 Å². The average molecular weight is 137 g/mol. The monoisotopic (exact) mass is 137 g/mol. The second-order valence-electron chi connectivity index (χ2n) is 1.10. The van der Waals surface area contributed by atoms with E-state index < -0.39 is 11.3 Å². The van der Waals surface area contributed by atoms with Crippen molar-refractivity contribution in [3.05, 3.63) is 0 Å². The van der Waals surface area contributed by atoms with E-state index in [0.29, 0.717) is 6.29 Å². The number of carbonyl (C=O) groups excluding carboxylic acids is 1. The minimum absolute atomic E-state index is 0.257. The molecule has 0 aromatic rings. The van der Waals surface area contributed by atoms with Crippen LogP contribution in [0.15, 0.2) is 0 Å². The van der Waals surface area contributed by atoms with Crippen molar-refractivity contribution in [2.45, 2.75) is 6.42 Å². The summed E-state index contributed by atoms with van der Waals surface area (Å²) in [4.78, 5) is 9.57. The smallest absolute Gasteiger partial charge is 0.231 e. The lowest BCUT2D eigenvalue weighted by Gasteiger charge is -1.90. The lowest BCUT2D eigenvalue weighted by Crippen LogP contribution is -2.17. The standard InChI is InChI=1S/C3H7NO3S/c5-3-1-2-4-8(6)7/h3-4H,1-2H2,(H,6,7). The van der Waals surface area contributed by atoms with E-state index in [2.05, 4.69) is 4.72 Å². The summed E-state index contributed by atoms with van der Waals surface area (Å²) < 4.78 is 19.9. The van der Waals surface area contributed by atoms with Crippen LogP contribution in [0.1, 0.15) is 6.42 Å². The van der Waals surface area contributed by atoms with Gasteiger partial charge >= 0.3 is 0 Å². The number of aldehydes is 1. The molecular formula is C3H7NO3S. The molecule has 4 nitrogen and oxygen atoms in total. The fraction of sp³-hybridized carbons (Fsp3) is 0.667. The normalized spacial score (nSPS) is 13.1. The summed E-state index contributed by atoms with van der Waals surface area (Å²) in [6.45, 7) is 0.257. The maximum Gasteiger partial charge on any atom is 0.231 e. The third kappa shape index (κ3) is 5.74. The molecular weight excluding hydrogens is 130 g/mol. The molecule has 2 N–H and O–H groups in total. The summed E-state index contributed by atoms with van der Waals surface area (Å²) in [5.74, 6) is 0. The predicted octanol–water partition coefficient (Wildman–Crippen LogP) is -0.698. The summed E-state index contributed by atoms with van der Waals surface area (Å²) >= 11 is -1.98. The van der Waals surface area contributed by atoms with Crippen LogP contribution >= 0.6 is 0 Å². The van der Waals surface area contributed by atoms with E-state index in [1.807, 2.05) is 0 Å². The molecule has 1 unspecified atom stereocenters. The van der Waals surface area contributed by atoms with Crippen LogP contribution in [0, 0.1) is 0 Å². The first kappa shape index (κ1) is 7.74. The maximum absolute atomic E-state index is 9.76. The Morgan fingerprint density at radius 2 is 2.38 bits per heavy atom. The fourth-order valence-electron chi connectivity index (χ4n) is 0.205. The lowest BCUT2D eigenvalue weighted by molar-refractivity contribution is -0.107. The first-order valence-electron chi connectivity index (χ1n) is 2.05. The average Bonchev–Trinajstić information content (AvgIpc) is 1.66. The summed E-state index contributed by atoms with van der Waals surface area (Å²) in [5, 5.41) is 0. The van der Waals surface area contributed by atoms with E-state index >= 15 is 0 Å². The van der Waals surface area contributed by atoms with Gasteiger partial charge in [0, 0.05) is 13.0 Å². The van der Waals surface area contributed by atoms with Crippen LogP contribution in [0.2, 0.25) is 0 Å². The second-order valence-corrected chi connectivity index (χ2v) is 1.89. The summed E-state index contributed by atoms with van der Waals surface area (Å²) in [6.07, 6.45) is 0.951. The molecule has 0 saturated heterocycles. The van der Waals surface area contributed by atoms with Crippen molar-refractivity contribution in [2.24, 2.45) is 0 Å². The molecule has 0 saturated carbocycles. The van der Waals surface area contributed by atoms with Gasteiger partial charge in [0.25, 0.3) is 0 Å². The number of rotatable bonds is 4. The lowest BCUT2D eigenvalue weighted by atomic mass is 10.5. The number of hydrogen-bond acceptors (Lipinski definition) is 2. The number of hydrogen-bond donors (Lipinski definition) is 2. The quantitative estimate of drug-likeness (QED) is 0.306. The van der Waals surface area contributed by atoms with Gasteiger partial charge in [0.1, 0.15) is 6.29 Å². The minimum Gasteiger partial charge on any atom is -0.303 e. The van der Waals surface area contributed by atoms with Gasteiger partial charge in [0.15, 0.2) is 0 Å². The zero-order valence-electron chi connectivity index (χ0n) is 4.16. The van der Waals surface area contributed by atoms with Crippen molar-refractivity contribution in [1.29, 1.82) is 0 Å². The van der Waals surface area contributed by atoms with Crippen LogP contribution in [0.25, 0.3) is 0 Å². The zero-order valence-corrected chi connectivity index (χ0v) is 4.98. The van der Waals surface area contributed by atoms with E-state index in [1.54, 1.807) is 0 Å². The van der Waals surface area contributed by atoms with Gasteiger partial charge < -0.3 is 4.79 Å². The molecule has 0 aromatic carbocycles.